The Balaban J connectivity index is 2.18. The fraction of sp³-hybridized carbons (Fsp3) is 0.308. The molecule has 0 saturated carbocycles. The summed E-state index contributed by atoms with van der Waals surface area (Å²) in [6.45, 7) is 3.05. The van der Waals surface area contributed by atoms with Gasteiger partial charge in [-0.05, 0) is 24.6 Å². The number of aryl methyl sites for hydroxylation is 1. The molecule has 1 heterocycles. The smallest absolute Gasteiger partial charge is 0.224 e. The third-order valence-electron chi connectivity index (χ3n) is 2.74. The van der Waals surface area contributed by atoms with Crippen LogP contribution in [0.15, 0.2) is 24.4 Å². The maximum Gasteiger partial charge on any atom is 0.224 e. The fourth-order valence-corrected chi connectivity index (χ4v) is 1.89. The van der Waals surface area contributed by atoms with Crippen molar-refractivity contribution in [2.75, 3.05) is 13.1 Å². The third-order valence-corrected chi connectivity index (χ3v) is 2.74. The number of amides is 1. The second-order valence-electron chi connectivity index (χ2n) is 4.18. The molecule has 0 radical (unpaired) electrons. The van der Waals surface area contributed by atoms with E-state index in [-0.39, 0.29) is 5.91 Å². The van der Waals surface area contributed by atoms with Crippen molar-refractivity contribution in [1.29, 1.82) is 0 Å². The van der Waals surface area contributed by atoms with Gasteiger partial charge < -0.3 is 16.0 Å². The molecule has 0 saturated heterocycles. The number of nitrogens with two attached hydrogens (primary N) is 1. The Bertz CT molecular complexity index is 530. The standard InChI is InChI=1S/C13H17N3O/c1-9-2-3-12-11(6-9)10(8-16-12)7-13(17)15-5-4-14/h2-3,6,8,16H,4-5,7,14H2,1H3,(H,15,17). The van der Waals surface area contributed by atoms with Crippen LogP contribution in [0.25, 0.3) is 10.9 Å². The molecule has 0 bridgehead atoms. The molecule has 2 rings (SSSR count). The predicted molar refractivity (Wildman–Crippen MR) is 68.8 cm³/mol. The zero-order valence-electron chi connectivity index (χ0n) is 9.92. The predicted octanol–water partition coefficient (Wildman–Crippen LogP) is 1.09. The van der Waals surface area contributed by atoms with Crippen LogP contribution >= 0.6 is 0 Å². The molecular weight excluding hydrogens is 214 g/mol. The van der Waals surface area contributed by atoms with E-state index in [1.807, 2.05) is 19.2 Å². The summed E-state index contributed by atoms with van der Waals surface area (Å²) >= 11 is 0. The van der Waals surface area contributed by atoms with Crippen LogP contribution in [0, 0.1) is 6.92 Å². The van der Waals surface area contributed by atoms with Crippen LogP contribution in [0.2, 0.25) is 0 Å². The molecule has 2 aromatic rings. The topological polar surface area (TPSA) is 70.9 Å². The minimum atomic E-state index is 0.0119. The fourth-order valence-electron chi connectivity index (χ4n) is 1.89. The molecule has 1 aromatic heterocycles. The van der Waals surface area contributed by atoms with Gasteiger partial charge in [-0.2, -0.15) is 0 Å². The first-order valence-electron chi connectivity index (χ1n) is 5.74. The molecule has 1 aromatic carbocycles. The number of nitrogens with one attached hydrogen (secondary N) is 2. The molecule has 0 unspecified atom stereocenters. The summed E-state index contributed by atoms with van der Waals surface area (Å²) in [7, 11) is 0. The van der Waals surface area contributed by atoms with E-state index in [2.05, 4.69) is 22.4 Å². The van der Waals surface area contributed by atoms with Crippen molar-refractivity contribution in [3.8, 4) is 0 Å². The number of hydrogen-bond acceptors (Lipinski definition) is 2. The SMILES string of the molecule is Cc1ccc2[nH]cc(CC(=O)NCCN)c2c1. The van der Waals surface area contributed by atoms with Gasteiger partial charge in [-0.15, -0.1) is 0 Å². The van der Waals surface area contributed by atoms with Crippen LogP contribution in [0.3, 0.4) is 0 Å². The highest BCUT2D eigenvalue weighted by atomic mass is 16.1. The lowest BCUT2D eigenvalue weighted by molar-refractivity contribution is -0.120. The van der Waals surface area contributed by atoms with Crippen molar-refractivity contribution in [2.24, 2.45) is 5.73 Å². The van der Waals surface area contributed by atoms with Crippen molar-refractivity contribution in [3.63, 3.8) is 0 Å². The van der Waals surface area contributed by atoms with Gasteiger partial charge in [0, 0.05) is 30.2 Å². The van der Waals surface area contributed by atoms with Crippen LogP contribution in [-0.4, -0.2) is 24.0 Å². The molecular formula is C13H17N3O. The van der Waals surface area contributed by atoms with E-state index in [1.165, 1.54) is 5.56 Å². The van der Waals surface area contributed by atoms with Crippen molar-refractivity contribution < 1.29 is 4.79 Å². The monoisotopic (exact) mass is 231 g/mol. The molecule has 0 spiro atoms. The van der Waals surface area contributed by atoms with Gasteiger partial charge >= 0.3 is 0 Å². The zero-order chi connectivity index (χ0) is 12.3. The quantitative estimate of drug-likeness (QED) is 0.737. The van der Waals surface area contributed by atoms with Gasteiger partial charge in [0.05, 0.1) is 6.42 Å². The van der Waals surface area contributed by atoms with E-state index >= 15 is 0 Å². The van der Waals surface area contributed by atoms with Gasteiger partial charge in [-0.3, -0.25) is 4.79 Å². The normalized spacial score (nSPS) is 10.7. The Morgan fingerprint density at radius 1 is 1.47 bits per heavy atom. The minimum Gasteiger partial charge on any atom is -0.361 e. The van der Waals surface area contributed by atoms with Crippen LogP contribution in [-0.2, 0) is 11.2 Å². The number of aromatic nitrogens is 1. The number of rotatable bonds is 4. The average molecular weight is 231 g/mol. The number of benzene rings is 1. The van der Waals surface area contributed by atoms with Gasteiger partial charge in [0.25, 0.3) is 0 Å². The Kier molecular flexibility index (Phi) is 3.44. The Morgan fingerprint density at radius 3 is 3.06 bits per heavy atom. The Hall–Kier alpha value is -1.81. The molecule has 4 nitrogen and oxygen atoms in total. The molecule has 0 atom stereocenters. The molecule has 90 valence electrons. The van der Waals surface area contributed by atoms with Crippen LogP contribution in [0.5, 0.6) is 0 Å². The summed E-state index contributed by atoms with van der Waals surface area (Å²) in [6.07, 6.45) is 2.29. The van der Waals surface area contributed by atoms with Gasteiger partial charge in [0.15, 0.2) is 0 Å². The maximum atomic E-state index is 11.6. The van der Waals surface area contributed by atoms with E-state index in [9.17, 15) is 4.79 Å². The van der Waals surface area contributed by atoms with E-state index in [0.717, 1.165) is 16.5 Å². The first kappa shape index (κ1) is 11.7. The van der Waals surface area contributed by atoms with Crippen LogP contribution < -0.4 is 11.1 Å². The molecule has 0 fully saturated rings. The van der Waals surface area contributed by atoms with Gasteiger partial charge in [0.2, 0.25) is 5.91 Å². The highest BCUT2D eigenvalue weighted by Crippen LogP contribution is 2.19. The zero-order valence-corrected chi connectivity index (χ0v) is 9.92. The molecule has 0 aliphatic carbocycles. The lowest BCUT2D eigenvalue weighted by atomic mass is 10.1. The summed E-state index contributed by atoms with van der Waals surface area (Å²) in [5, 5.41) is 3.89. The first-order valence-corrected chi connectivity index (χ1v) is 5.74. The van der Waals surface area contributed by atoms with Gasteiger partial charge in [0.1, 0.15) is 0 Å². The average Bonchev–Trinajstić information content (AvgIpc) is 2.69. The second kappa shape index (κ2) is 5.01. The van der Waals surface area contributed by atoms with Crippen LogP contribution in [0.1, 0.15) is 11.1 Å². The second-order valence-corrected chi connectivity index (χ2v) is 4.18. The van der Waals surface area contributed by atoms with Crippen LogP contribution in [0.4, 0.5) is 0 Å². The molecule has 4 N–H and O–H groups in total. The summed E-state index contributed by atoms with van der Waals surface area (Å²) < 4.78 is 0. The minimum absolute atomic E-state index is 0.0119. The van der Waals surface area contributed by atoms with Gasteiger partial charge in [-0.25, -0.2) is 0 Å². The summed E-state index contributed by atoms with van der Waals surface area (Å²) in [5.41, 5.74) is 8.63. The largest absolute Gasteiger partial charge is 0.361 e. The number of aromatic amines is 1. The summed E-state index contributed by atoms with van der Waals surface area (Å²) in [6, 6.07) is 6.18. The number of hydrogen-bond donors (Lipinski definition) is 3. The lowest BCUT2D eigenvalue weighted by Gasteiger charge is -2.02. The third kappa shape index (κ3) is 2.65. The van der Waals surface area contributed by atoms with Gasteiger partial charge in [-0.1, -0.05) is 11.6 Å². The van der Waals surface area contributed by atoms with E-state index in [4.69, 9.17) is 5.73 Å². The Morgan fingerprint density at radius 2 is 2.29 bits per heavy atom. The molecule has 4 heteroatoms. The van der Waals surface area contributed by atoms with E-state index in [0.29, 0.717) is 19.5 Å². The number of carbonyl (C=O) groups excluding carboxylic acids is 1. The molecule has 0 aliphatic heterocycles. The molecule has 0 aliphatic rings. The molecule has 1 amide bonds. The highest BCUT2D eigenvalue weighted by molar-refractivity contribution is 5.89. The van der Waals surface area contributed by atoms with Crippen molar-refractivity contribution in [1.82, 2.24) is 10.3 Å². The number of H-pyrrole nitrogens is 1. The molecule has 17 heavy (non-hydrogen) atoms. The summed E-state index contributed by atoms with van der Waals surface area (Å²) in [5.74, 6) is 0.0119. The van der Waals surface area contributed by atoms with E-state index < -0.39 is 0 Å². The number of fused-ring (bicyclic) bond motifs is 1. The lowest BCUT2D eigenvalue weighted by Crippen LogP contribution is -2.30. The first-order chi connectivity index (χ1) is 8.20. The van der Waals surface area contributed by atoms with Crippen molar-refractivity contribution >= 4 is 16.8 Å². The highest BCUT2D eigenvalue weighted by Gasteiger charge is 2.08. The number of carbonyl (C=O) groups is 1. The van der Waals surface area contributed by atoms with Crippen molar-refractivity contribution in [2.45, 2.75) is 13.3 Å². The maximum absolute atomic E-state index is 11.6. The summed E-state index contributed by atoms with van der Waals surface area (Å²) in [4.78, 5) is 14.8. The van der Waals surface area contributed by atoms with E-state index in [1.54, 1.807) is 0 Å². The van der Waals surface area contributed by atoms with Crippen molar-refractivity contribution in [3.05, 3.63) is 35.5 Å². The Labute approximate surface area is 100 Å².